The molecule has 6 nitrogen and oxygen atoms in total. The zero-order valence-corrected chi connectivity index (χ0v) is 13.9. The summed E-state index contributed by atoms with van der Waals surface area (Å²) in [5.74, 6) is 0.0900. The predicted molar refractivity (Wildman–Crippen MR) is 87.7 cm³/mol. The minimum atomic E-state index is -3.86. The van der Waals surface area contributed by atoms with E-state index in [4.69, 9.17) is 4.74 Å². The van der Waals surface area contributed by atoms with Gasteiger partial charge in [0.2, 0.25) is 0 Å². The molecule has 0 fully saturated rings. The Hall–Kier alpha value is -2.41. The molecule has 0 heterocycles. The maximum atomic E-state index is 12.4. The van der Waals surface area contributed by atoms with Gasteiger partial charge in [-0.15, -0.1) is 0 Å². The Morgan fingerprint density at radius 2 is 1.65 bits per heavy atom. The van der Waals surface area contributed by atoms with Crippen LogP contribution in [0, 0.1) is 0 Å². The fraction of sp³-hybridized carbons (Fsp3) is 0.250. The van der Waals surface area contributed by atoms with E-state index in [1.54, 1.807) is 0 Å². The van der Waals surface area contributed by atoms with Gasteiger partial charge in [-0.05, 0) is 41.8 Å². The molecule has 0 aliphatic heterocycles. The van der Waals surface area contributed by atoms with Gasteiger partial charge in [0.15, 0.2) is 0 Å². The molecule has 0 bridgehead atoms. The van der Waals surface area contributed by atoms with E-state index in [1.165, 1.54) is 37.4 Å². The van der Waals surface area contributed by atoms with Crippen LogP contribution in [-0.2, 0) is 10.0 Å². The van der Waals surface area contributed by atoms with E-state index in [1.807, 2.05) is 13.8 Å². The van der Waals surface area contributed by atoms with Crippen molar-refractivity contribution < 1.29 is 23.4 Å². The first-order valence-electron chi connectivity index (χ1n) is 6.97. The number of methoxy groups -OCH3 is 1. The number of nitrogens with one attached hydrogen (secondary N) is 1. The molecule has 2 aromatic rings. The molecule has 0 aliphatic rings. The SMILES string of the molecule is COc1ccc(S(=O)(=O)Nc2cc(C(C)C)c(O)cc2O)cc1. The molecule has 0 atom stereocenters. The molecule has 0 unspecified atom stereocenters. The summed E-state index contributed by atoms with van der Waals surface area (Å²) < 4.78 is 32.1. The van der Waals surface area contributed by atoms with E-state index >= 15 is 0 Å². The van der Waals surface area contributed by atoms with E-state index in [9.17, 15) is 18.6 Å². The number of anilines is 1. The third-order valence-electron chi connectivity index (χ3n) is 3.38. The van der Waals surface area contributed by atoms with Crippen molar-refractivity contribution in [2.45, 2.75) is 24.7 Å². The summed E-state index contributed by atoms with van der Waals surface area (Å²) in [5, 5.41) is 19.7. The van der Waals surface area contributed by atoms with Crippen molar-refractivity contribution in [2.24, 2.45) is 0 Å². The van der Waals surface area contributed by atoms with Crippen LogP contribution in [0.25, 0.3) is 0 Å². The zero-order chi connectivity index (χ0) is 17.2. The summed E-state index contributed by atoms with van der Waals surface area (Å²) >= 11 is 0. The van der Waals surface area contributed by atoms with Crippen molar-refractivity contribution >= 4 is 15.7 Å². The van der Waals surface area contributed by atoms with Crippen molar-refractivity contribution in [1.29, 1.82) is 0 Å². The average Bonchev–Trinajstić information content (AvgIpc) is 2.49. The van der Waals surface area contributed by atoms with Gasteiger partial charge in [-0.1, -0.05) is 13.8 Å². The fourth-order valence-corrected chi connectivity index (χ4v) is 3.16. The lowest BCUT2D eigenvalue weighted by atomic mass is 10.0. The van der Waals surface area contributed by atoms with Gasteiger partial charge in [0.1, 0.15) is 17.2 Å². The zero-order valence-electron chi connectivity index (χ0n) is 13.1. The average molecular weight is 337 g/mol. The number of hydrogen-bond donors (Lipinski definition) is 3. The lowest BCUT2D eigenvalue weighted by molar-refractivity contribution is 0.414. The Labute approximate surface area is 135 Å². The van der Waals surface area contributed by atoms with E-state index in [2.05, 4.69) is 4.72 Å². The number of benzene rings is 2. The highest BCUT2D eigenvalue weighted by Crippen LogP contribution is 2.36. The molecule has 2 rings (SSSR count). The van der Waals surface area contributed by atoms with Crippen LogP contribution in [0.3, 0.4) is 0 Å². The van der Waals surface area contributed by atoms with Crippen LogP contribution in [-0.4, -0.2) is 25.7 Å². The van der Waals surface area contributed by atoms with Crippen molar-refractivity contribution in [3.05, 3.63) is 42.0 Å². The van der Waals surface area contributed by atoms with Gasteiger partial charge < -0.3 is 14.9 Å². The second kappa shape index (κ2) is 6.37. The summed E-state index contributed by atoms with van der Waals surface area (Å²) in [6, 6.07) is 8.43. The smallest absolute Gasteiger partial charge is 0.262 e. The summed E-state index contributed by atoms with van der Waals surface area (Å²) in [6.07, 6.45) is 0. The lowest BCUT2D eigenvalue weighted by Gasteiger charge is -2.14. The number of hydrogen-bond acceptors (Lipinski definition) is 5. The first-order valence-corrected chi connectivity index (χ1v) is 8.45. The van der Waals surface area contributed by atoms with Gasteiger partial charge in [-0.2, -0.15) is 0 Å². The van der Waals surface area contributed by atoms with Crippen LogP contribution in [0.2, 0.25) is 0 Å². The van der Waals surface area contributed by atoms with Gasteiger partial charge >= 0.3 is 0 Å². The quantitative estimate of drug-likeness (QED) is 0.576. The van der Waals surface area contributed by atoms with Crippen LogP contribution in [0.1, 0.15) is 25.3 Å². The normalized spacial score (nSPS) is 11.5. The third-order valence-corrected chi connectivity index (χ3v) is 4.76. The summed E-state index contributed by atoms with van der Waals surface area (Å²) in [7, 11) is -2.37. The largest absolute Gasteiger partial charge is 0.508 e. The van der Waals surface area contributed by atoms with Gasteiger partial charge in [0, 0.05) is 6.07 Å². The maximum Gasteiger partial charge on any atom is 0.262 e. The second-order valence-electron chi connectivity index (χ2n) is 5.36. The van der Waals surface area contributed by atoms with Crippen molar-refractivity contribution in [3.8, 4) is 17.2 Å². The third kappa shape index (κ3) is 3.68. The fourth-order valence-electron chi connectivity index (χ4n) is 2.10. The highest BCUT2D eigenvalue weighted by molar-refractivity contribution is 7.92. The van der Waals surface area contributed by atoms with E-state index in [0.29, 0.717) is 11.3 Å². The monoisotopic (exact) mass is 337 g/mol. The van der Waals surface area contributed by atoms with Crippen molar-refractivity contribution in [3.63, 3.8) is 0 Å². The Morgan fingerprint density at radius 1 is 1.04 bits per heavy atom. The standard InChI is InChI=1S/C16H19NO5S/c1-10(2)13-8-14(16(19)9-15(13)18)17-23(20,21)12-6-4-11(22-3)5-7-12/h4-10,17-19H,1-3H3. The number of phenols is 2. The highest BCUT2D eigenvalue weighted by atomic mass is 32.2. The van der Waals surface area contributed by atoms with Crippen molar-refractivity contribution in [2.75, 3.05) is 11.8 Å². The van der Waals surface area contributed by atoms with Gasteiger partial charge in [0.05, 0.1) is 17.7 Å². The molecule has 0 saturated heterocycles. The lowest BCUT2D eigenvalue weighted by Crippen LogP contribution is -2.13. The van der Waals surface area contributed by atoms with Gasteiger partial charge in [-0.25, -0.2) is 8.42 Å². The first kappa shape index (κ1) is 17.0. The minimum absolute atomic E-state index is 0.0160. The van der Waals surface area contributed by atoms with Gasteiger partial charge in [-0.3, -0.25) is 4.72 Å². The predicted octanol–water partition coefficient (Wildman–Crippen LogP) is 3.03. The van der Waals surface area contributed by atoms with Crippen LogP contribution in [0.4, 0.5) is 5.69 Å². The van der Waals surface area contributed by atoms with Crippen LogP contribution >= 0.6 is 0 Å². The Kier molecular flexibility index (Phi) is 4.70. The first-order chi connectivity index (χ1) is 10.7. The molecule has 0 aromatic heterocycles. The van der Waals surface area contributed by atoms with E-state index in [-0.39, 0.29) is 28.0 Å². The van der Waals surface area contributed by atoms with Crippen LogP contribution < -0.4 is 9.46 Å². The molecule has 0 amide bonds. The molecule has 3 N–H and O–H groups in total. The molecule has 124 valence electrons. The molecule has 0 saturated carbocycles. The van der Waals surface area contributed by atoms with Crippen molar-refractivity contribution in [1.82, 2.24) is 0 Å². The molecule has 0 aliphatic carbocycles. The number of aromatic hydroxyl groups is 2. The topological polar surface area (TPSA) is 95.9 Å². The molecule has 23 heavy (non-hydrogen) atoms. The Balaban J connectivity index is 2.38. The molecule has 0 spiro atoms. The molecule has 2 aromatic carbocycles. The highest BCUT2D eigenvalue weighted by Gasteiger charge is 2.18. The number of ether oxygens (including phenoxy) is 1. The number of sulfonamides is 1. The number of rotatable bonds is 5. The second-order valence-corrected chi connectivity index (χ2v) is 7.05. The minimum Gasteiger partial charge on any atom is -0.508 e. The summed E-state index contributed by atoms with van der Waals surface area (Å²) in [5.41, 5.74) is 0.553. The van der Waals surface area contributed by atoms with Crippen LogP contribution in [0.5, 0.6) is 17.2 Å². The molecule has 7 heteroatoms. The Morgan fingerprint density at radius 3 is 2.17 bits per heavy atom. The number of phenolic OH excluding ortho intramolecular Hbond substituents is 2. The van der Waals surface area contributed by atoms with E-state index < -0.39 is 10.0 Å². The molecular formula is C16H19NO5S. The summed E-state index contributed by atoms with van der Waals surface area (Å²) in [6.45, 7) is 3.71. The summed E-state index contributed by atoms with van der Waals surface area (Å²) in [4.78, 5) is 0.0388. The van der Waals surface area contributed by atoms with E-state index in [0.717, 1.165) is 6.07 Å². The van der Waals surface area contributed by atoms with Gasteiger partial charge in [0.25, 0.3) is 10.0 Å². The maximum absolute atomic E-state index is 12.4. The molecular weight excluding hydrogens is 318 g/mol. The molecule has 0 radical (unpaired) electrons. The Bertz CT molecular complexity index is 798. The van der Waals surface area contributed by atoms with Crippen LogP contribution in [0.15, 0.2) is 41.3 Å².